The minimum atomic E-state index is -1.18. The fraction of sp³-hybridized carbons (Fsp3) is 0.708. The molecule has 1 fully saturated rings. The molecule has 6 nitrogen and oxygen atoms in total. The minimum absolute atomic E-state index is 0.0162. The molecule has 31 heavy (non-hydrogen) atoms. The molecule has 1 heterocycles. The molecule has 2 rings (SSSR count). The molecule has 0 aromatic carbocycles. The zero-order valence-electron chi connectivity index (χ0n) is 19.6. The fourth-order valence-electron chi connectivity index (χ4n) is 4.32. The van der Waals surface area contributed by atoms with E-state index in [1.165, 1.54) is 0 Å². The summed E-state index contributed by atoms with van der Waals surface area (Å²) in [5, 5.41) is 24.6. The van der Waals surface area contributed by atoms with Gasteiger partial charge in [0.2, 0.25) is 0 Å². The molecule has 0 aliphatic heterocycles. The van der Waals surface area contributed by atoms with Gasteiger partial charge in [-0.3, -0.25) is 9.59 Å². The Morgan fingerprint density at radius 2 is 1.94 bits per heavy atom. The number of carbonyl (C=O) groups is 2. The number of carbonyl (C=O) groups excluding carboxylic acids is 2. The Kier molecular flexibility index (Phi) is 8.98. The van der Waals surface area contributed by atoms with Crippen molar-refractivity contribution in [2.45, 2.75) is 79.4 Å². The summed E-state index contributed by atoms with van der Waals surface area (Å²) in [7, 11) is 0. The standard InChI is InChI=1S/C24H37NO5S/c1-14(11-18-13-31-17(4)25-18)12-30-23(29)19-10-8-7-9-15(2)20(26)16(3)21(27)24(5,6)22(19)28/h11,13,15-16,19-20,22,26,28H,7-10,12H2,1-6H3/b14-11+/t15?,16-,19+,20+,22+/m1/s1. The molecule has 0 amide bonds. The first-order valence-corrected chi connectivity index (χ1v) is 12.0. The maximum Gasteiger partial charge on any atom is 0.311 e. The number of nitrogens with zero attached hydrogens (tertiary/aromatic N) is 1. The van der Waals surface area contributed by atoms with Gasteiger partial charge in [-0.1, -0.05) is 40.5 Å². The molecule has 1 unspecified atom stereocenters. The van der Waals surface area contributed by atoms with Gasteiger partial charge in [-0.15, -0.1) is 11.3 Å². The number of Topliss-reactive ketones (excluding diaryl/α,β-unsaturated/α-hetero) is 1. The van der Waals surface area contributed by atoms with Crippen molar-refractivity contribution >= 4 is 29.2 Å². The van der Waals surface area contributed by atoms with Crippen LogP contribution in [0.2, 0.25) is 0 Å². The van der Waals surface area contributed by atoms with E-state index in [0.29, 0.717) is 6.42 Å². The summed E-state index contributed by atoms with van der Waals surface area (Å²) >= 11 is 1.56. The summed E-state index contributed by atoms with van der Waals surface area (Å²) in [4.78, 5) is 30.4. The van der Waals surface area contributed by atoms with Crippen molar-refractivity contribution in [2.24, 2.45) is 23.2 Å². The number of rotatable bonds is 4. The maximum atomic E-state index is 13.1. The van der Waals surface area contributed by atoms with E-state index in [2.05, 4.69) is 4.98 Å². The van der Waals surface area contributed by atoms with E-state index in [4.69, 9.17) is 4.74 Å². The van der Waals surface area contributed by atoms with Crippen LogP contribution in [0.15, 0.2) is 11.0 Å². The second kappa shape index (κ2) is 10.8. The number of esters is 1. The Morgan fingerprint density at radius 3 is 2.55 bits per heavy atom. The molecule has 1 aliphatic rings. The van der Waals surface area contributed by atoms with Crippen LogP contribution in [0, 0.1) is 30.1 Å². The van der Waals surface area contributed by atoms with E-state index in [-0.39, 0.29) is 18.3 Å². The first-order chi connectivity index (χ1) is 14.4. The molecular formula is C24H37NO5S. The van der Waals surface area contributed by atoms with Crippen molar-refractivity contribution in [1.82, 2.24) is 4.98 Å². The van der Waals surface area contributed by atoms with Crippen LogP contribution in [-0.2, 0) is 14.3 Å². The second-order valence-electron chi connectivity index (χ2n) is 9.57. The van der Waals surface area contributed by atoms with Crippen LogP contribution in [0.4, 0.5) is 0 Å². The zero-order valence-corrected chi connectivity index (χ0v) is 20.4. The number of aliphatic hydroxyl groups excluding tert-OH is 2. The van der Waals surface area contributed by atoms with E-state index in [1.807, 2.05) is 32.2 Å². The van der Waals surface area contributed by atoms with Gasteiger partial charge in [0.1, 0.15) is 12.4 Å². The molecule has 5 atom stereocenters. The van der Waals surface area contributed by atoms with Gasteiger partial charge < -0.3 is 14.9 Å². The Hall–Kier alpha value is -1.57. The highest BCUT2D eigenvalue weighted by atomic mass is 32.1. The van der Waals surface area contributed by atoms with Crippen LogP contribution in [0.5, 0.6) is 0 Å². The number of ketones is 1. The SMILES string of the molecule is C/C(=C\c1csc(C)n1)COC(=O)[C@H]1CCCCC(C)[C@H](O)[C@@H](C)C(=O)C(C)(C)[C@H]1O. The molecule has 1 aliphatic carbocycles. The first kappa shape index (κ1) is 25.7. The van der Waals surface area contributed by atoms with Crippen LogP contribution < -0.4 is 0 Å². The summed E-state index contributed by atoms with van der Waals surface area (Å²) < 4.78 is 5.54. The summed E-state index contributed by atoms with van der Waals surface area (Å²) in [5.41, 5.74) is 0.516. The Morgan fingerprint density at radius 1 is 1.29 bits per heavy atom. The lowest BCUT2D eigenvalue weighted by Gasteiger charge is -2.36. The first-order valence-electron chi connectivity index (χ1n) is 11.1. The largest absolute Gasteiger partial charge is 0.461 e. The van der Waals surface area contributed by atoms with Crippen LogP contribution in [0.3, 0.4) is 0 Å². The van der Waals surface area contributed by atoms with E-state index in [1.54, 1.807) is 32.1 Å². The summed E-state index contributed by atoms with van der Waals surface area (Å²) in [6.07, 6.45) is 2.69. The Bertz CT molecular complexity index is 800. The highest BCUT2D eigenvalue weighted by Crippen LogP contribution is 2.36. The van der Waals surface area contributed by atoms with Gasteiger partial charge in [-0.2, -0.15) is 0 Å². The summed E-state index contributed by atoms with van der Waals surface area (Å²) in [5.74, 6) is -2.13. The number of aromatic nitrogens is 1. The molecule has 0 saturated heterocycles. The molecule has 2 N–H and O–H groups in total. The van der Waals surface area contributed by atoms with Crippen molar-refractivity contribution in [1.29, 1.82) is 0 Å². The number of hydrogen-bond acceptors (Lipinski definition) is 7. The van der Waals surface area contributed by atoms with Crippen LogP contribution >= 0.6 is 11.3 Å². The van der Waals surface area contributed by atoms with Crippen molar-refractivity contribution in [3.63, 3.8) is 0 Å². The number of thiazole rings is 1. The third kappa shape index (κ3) is 6.46. The molecular weight excluding hydrogens is 414 g/mol. The van der Waals surface area contributed by atoms with Gasteiger partial charge in [0, 0.05) is 11.3 Å². The quantitative estimate of drug-likeness (QED) is 0.667. The number of aliphatic hydroxyl groups is 2. The van der Waals surface area contributed by atoms with Crippen molar-refractivity contribution in [2.75, 3.05) is 6.61 Å². The monoisotopic (exact) mass is 451 g/mol. The lowest BCUT2D eigenvalue weighted by atomic mass is 9.70. The highest BCUT2D eigenvalue weighted by Gasteiger charge is 2.46. The Balaban J connectivity index is 2.15. The van der Waals surface area contributed by atoms with Crippen molar-refractivity contribution in [3.8, 4) is 0 Å². The third-order valence-corrected chi connectivity index (χ3v) is 7.26. The highest BCUT2D eigenvalue weighted by molar-refractivity contribution is 7.09. The van der Waals surface area contributed by atoms with E-state index in [9.17, 15) is 19.8 Å². The molecule has 0 spiro atoms. The van der Waals surface area contributed by atoms with E-state index >= 15 is 0 Å². The normalized spacial score (nSPS) is 30.5. The zero-order chi connectivity index (χ0) is 23.3. The average molecular weight is 452 g/mol. The van der Waals surface area contributed by atoms with Crippen molar-refractivity contribution in [3.05, 3.63) is 21.7 Å². The van der Waals surface area contributed by atoms with Gasteiger partial charge in [0.15, 0.2) is 0 Å². The lowest BCUT2D eigenvalue weighted by Crippen LogP contribution is -2.49. The summed E-state index contributed by atoms with van der Waals surface area (Å²) in [6.45, 7) is 10.9. The molecule has 1 aromatic rings. The molecule has 1 saturated carbocycles. The van der Waals surface area contributed by atoms with Crippen molar-refractivity contribution < 1.29 is 24.5 Å². The molecule has 0 bridgehead atoms. The molecule has 174 valence electrons. The molecule has 1 aromatic heterocycles. The van der Waals surface area contributed by atoms with E-state index < -0.39 is 35.4 Å². The van der Waals surface area contributed by atoms with Crippen LogP contribution in [0.1, 0.15) is 71.0 Å². The van der Waals surface area contributed by atoms with Gasteiger partial charge in [0.05, 0.1) is 34.2 Å². The number of aryl methyl sites for hydroxylation is 1. The molecule has 7 heteroatoms. The second-order valence-corrected chi connectivity index (χ2v) is 10.6. The minimum Gasteiger partial charge on any atom is -0.461 e. The topological polar surface area (TPSA) is 96.7 Å². The number of hydrogen-bond donors (Lipinski definition) is 2. The predicted molar refractivity (Wildman–Crippen MR) is 123 cm³/mol. The van der Waals surface area contributed by atoms with E-state index in [0.717, 1.165) is 35.5 Å². The predicted octanol–water partition coefficient (Wildman–Crippen LogP) is 4.18. The lowest BCUT2D eigenvalue weighted by molar-refractivity contribution is -0.159. The Labute approximate surface area is 189 Å². The van der Waals surface area contributed by atoms with Gasteiger partial charge >= 0.3 is 5.97 Å². The van der Waals surface area contributed by atoms with Gasteiger partial charge in [-0.25, -0.2) is 4.98 Å². The van der Waals surface area contributed by atoms with Crippen LogP contribution in [0.25, 0.3) is 6.08 Å². The number of ether oxygens (including phenoxy) is 1. The smallest absolute Gasteiger partial charge is 0.311 e. The van der Waals surface area contributed by atoms with Gasteiger partial charge in [-0.05, 0) is 44.3 Å². The van der Waals surface area contributed by atoms with Gasteiger partial charge in [0.25, 0.3) is 0 Å². The van der Waals surface area contributed by atoms with Crippen LogP contribution in [-0.4, -0.2) is 45.8 Å². The maximum absolute atomic E-state index is 13.1. The average Bonchev–Trinajstić information content (AvgIpc) is 3.13. The fourth-order valence-corrected chi connectivity index (χ4v) is 4.89. The third-order valence-electron chi connectivity index (χ3n) is 6.46. The summed E-state index contributed by atoms with van der Waals surface area (Å²) in [6, 6.07) is 0. The molecule has 0 radical (unpaired) electrons.